The Labute approximate surface area is 156 Å². The summed E-state index contributed by atoms with van der Waals surface area (Å²) in [6, 6.07) is 3.73. The van der Waals surface area contributed by atoms with Crippen LogP contribution in [0.3, 0.4) is 0 Å². The van der Waals surface area contributed by atoms with Crippen molar-refractivity contribution in [1.29, 1.82) is 0 Å². The zero-order valence-corrected chi connectivity index (χ0v) is 15.5. The smallest absolute Gasteiger partial charge is 0.127 e. The van der Waals surface area contributed by atoms with E-state index in [0.29, 0.717) is 16.6 Å². The largest absolute Gasteiger partial charge is 0.371 e. The van der Waals surface area contributed by atoms with Crippen LogP contribution >= 0.6 is 23.2 Å². The number of aromatic nitrogens is 2. The molecule has 0 radical (unpaired) electrons. The number of imidazole rings is 1. The molecule has 8 heteroatoms. The van der Waals surface area contributed by atoms with Crippen molar-refractivity contribution in [2.75, 3.05) is 30.8 Å². The van der Waals surface area contributed by atoms with Gasteiger partial charge in [-0.1, -0.05) is 23.2 Å². The van der Waals surface area contributed by atoms with E-state index >= 15 is 0 Å². The number of hydrogen-bond acceptors (Lipinski definition) is 4. The summed E-state index contributed by atoms with van der Waals surface area (Å²) >= 11 is 12.4. The first kappa shape index (κ1) is 16.7. The number of fused-ring (bicyclic) bond motifs is 1. The van der Waals surface area contributed by atoms with Crippen LogP contribution in [-0.2, 0) is 6.54 Å². The third kappa shape index (κ3) is 3.21. The lowest BCUT2D eigenvalue weighted by Crippen LogP contribution is -2.58. The van der Waals surface area contributed by atoms with E-state index in [4.69, 9.17) is 28.2 Å². The van der Waals surface area contributed by atoms with Gasteiger partial charge in [-0.15, -0.1) is 0 Å². The van der Waals surface area contributed by atoms with Crippen LogP contribution in [0, 0.1) is 0 Å². The number of nitrogens with one attached hydrogen (secondary N) is 3. The second-order valence-electron chi connectivity index (χ2n) is 6.65. The Kier molecular flexibility index (Phi) is 4.35. The summed E-state index contributed by atoms with van der Waals surface area (Å²) in [4.78, 5) is 14.5. The SMILES string of the molecule is CN1CCC2(CC1)Nc1cc(Cl)c(Cl)cc1NC2=NCc1ncc[nH]1. The van der Waals surface area contributed by atoms with Crippen molar-refractivity contribution in [2.45, 2.75) is 24.9 Å². The lowest BCUT2D eigenvalue weighted by molar-refractivity contribution is 0.240. The molecule has 132 valence electrons. The van der Waals surface area contributed by atoms with E-state index in [1.807, 2.05) is 18.3 Å². The number of benzene rings is 1. The number of rotatable bonds is 2. The molecule has 25 heavy (non-hydrogen) atoms. The molecule has 1 aromatic heterocycles. The summed E-state index contributed by atoms with van der Waals surface area (Å²) < 4.78 is 0. The molecule has 2 aliphatic heterocycles. The van der Waals surface area contributed by atoms with Crippen molar-refractivity contribution in [2.24, 2.45) is 4.99 Å². The normalized spacial score (nSPS) is 21.0. The Morgan fingerprint density at radius 3 is 2.60 bits per heavy atom. The van der Waals surface area contributed by atoms with Gasteiger partial charge in [0.15, 0.2) is 0 Å². The van der Waals surface area contributed by atoms with Crippen LogP contribution in [0.25, 0.3) is 0 Å². The van der Waals surface area contributed by atoms with E-state index in [1.54, 1.807) is 6.20 Å². The minimum atomic E-state index is -0.219. The second-order valence-corrected chi connectivity index (χ2v) is 7.46. The van der Waals surface area contributed by atoms with Crippen molar-refractivity contribution in [1.82, 2.24) is 14.9 Å². The molecule has 0 saturated carbocycles. The minimum absolute atomic E-state index is 0.219. The van der Waals surface area contributed by atoms with Gasteiger partial charge in [0.2, 0.25) is 0 Å². The first-order valence-corrected chi connectivity index (χ1v) is 9.07. The predicted octanol–water partition coefficient (Wildman–Crippen LogP) is 3.62. The molecule has 3 heterocycles. The monoisotopic (exact) mass is 378 g/mol. The van der Waals surface area contributed by atoms with Crippen LogP contribution in [0.1, 0.15) is 18.7 Å². The first-order valence-electron chi connectivity index (χ1n) is 8.32. The maximum Gasteiger partial charge on any atom is 0.127 e. The van der Waals surface area contributed by atoms with Gasteiger partial charge in [-0.3, -0.25) is 4.99 Å². The van der Waals surface area contributed by atoms with Crippen LogP contribution in [0.5, 0.6) is 0 Å². The molecular weight excluding hydrogens is 359 g/mol. The van der Waals surface area contributed by atoms with Crippen molar-refractivity contribution in [3.05, 3.63) is 40.4 Å². The summed E-state index contributed by atoms with van der Waals surface area (Å²) in [6.07, 6.45) is 5.48. The molecule has 0 atom stereocenters. The number of aromatic amines is 1. The fourth-order valence-corrected chi connectivity index (χ4v) is 3.74. The van der Waals surface area contributed by atoms with Crippen LogP contribution in [-0.4, -0.2) is 46.4 Å². The highest BCUT2D eigenvalue weighted by Crippen LogP contribution is 2.40. The summed E-state index contributed by atoms with van der Waals surface area (Å²) in [5.41, 5.74) is 1.65. The van der Waals surface area contributed by atoms with Gasteiger partial charge in [-0.05, 0) is 32.0 Å². The Morgan fingerprint density at radius 1 is 1.20 bits per heavy atom. The van der Waals surface area contributed by atoms with E-state index in [0.717, 1.165) is 49.0 Å². The Morgan fingerprint density at radius 2 is 1.92 bits per heavy atom. The molecule has 1 fully saturated rings. The number of amidine groups is 1. The maximum atomic E-state index is 6.21. The van der Waals surface area contributed by atoms with E-state index < -0.39 is 0 Å². The van der Waals surface area contributed by atoms with E-state index in [2.05, 4.69) is 32.5 Å². The molecule has 1 aromatic carbocycles. The van der Waals surface area contributed by atoms with Crippen molar-refractivity contribution < 1.29 is 0 Å². The Balaban J connectivity index is 1.70. The van der Waals surface area contributed by atoms with Crippen LogP contribution in [0.15, 0.2) is 29.5 Å². The highest BCUT2D eigenvalue weighted by atomic mass is 35.5. The van der Waals surface area contributed by atoms with E-state index in [-0.39, 0.29) is 5.54 Å². The summed E-state index contributed by atoms with van der Waals surface area (Å²) in [7, 11) is 2.15. The molecule has 1 spiro atoms. The molecule has 0 unspecified atom stereocenters. The highest BCUT2D eigenvalue weighted by Gasteiger charge is 2.42. The number of likely N-dealkylation sites (tertiary alicyclic amines) is 1. The van der Waals surface area contributed by atoms with Gasteiger partial charge in [0.25, 0.3) is 0 Å². The number of aliphatic imine (C=N–C) groups is 1. The van der Waals surface area contributed by atoms with Crippen molar-refractivity contribution in [3.8, 4) is 0 Å². The zero-order valence-electron chi connectivity index (χ0n) is 13.9. The van der Waals surface area contributed by atoms with Crippen molar-refractivity contribution in [3.63, 3.8) is 0 Å². The summed E-state index contributed by atoms with van der Waals surface area (Å²) in [5.74, 6) is 1.78. The molecule has 6 nitrogen and oxygen atoms in total. The number of nitrogens with zero attached hydrogens (tertiary/aromatic N) is 3. The van der Waals surface area contributed by atoms with Gasteiger partial charge >= 0.3 is 0 Å². The zero-order chi connectivity index (χ0) is 17.4. The fraction of sp³-hybridized carbons (Fsp3) is 0.412. The molecular formula is C17H20Cl2N6. The fourth-order valence-electron chi connectivity index (χ4n) is 3.41. The average molecular weight is 379 g/mol. The topological polar surface area (TPSA) is 68.3 Å². The number of hydrogen-bond donors (Lipinski definition) is 3. The van der Waals surface area contributed by atoms with E-state index in [1.165, 1.54) is 0 Å². The molecule has 0 amide bonds. The quantitative estimate of drug-likeness (QED) is 0.746. The summed E-state index contributed by atoms with van der Waals surface area (Å²) in [5, 5.41) is 8.25. The maximum absolute atomic E-state index is 6.21. The lowest BCUT2D eigenvalue weighted by Gasteiger charge is -2.46. The molecule has 2 aliphatic rings. The third-order valence-corrected chi connectivity index (χ3v) is 5.65. The van der Waals surface area contributed by atoms with Gasteiger partial charge < -0.3 is 20.5 Å². The number of piperidine rings is 1. The van der Waals surface area contributed by atoms with Crippen molar-refractivity contribution >= 4 is 40.4 Å². The number of H-pyrrole nitrogens is 1. The van der Waals surface area contributed by atoms with Crippen LogP contribution in [0.2, 0.25) is 10.0 Å². The van der Waals surface area contributed by atoms with Gasteiger partial charge in [0, 0.05) is 25.5 Å². The second kappa shape index (κ2) is 6.52. The molecule has 2 aromatic rings. The standard InChI is InChI=1S/C17H20Cl2N6/c1-25-6-2-17(3-7-25)16(22-10-15-20-4-5-21-15)23-13-8-11(18)12(19)9-14(13)24-17/h4-5,8-9,24H,2-3,6-7,10H2,1H3,(H,20,21)(H,22,23). The molecule has 4 rings (SSSR count). The predicted molar refractivity (Wildman–Crippen MR) is 103 cm³/mol. The molecule has 0 aliphatic carbocycles. The van der Waals surface area contributed by atoms with E-state index in [9.17, 15) is 0 Å². The Hall–Kier alpha value is -1.76. The number of halogens is 2. The van der Waals surface area contributed by atoms with Gasteiger partial charge in [-0.2, -0.15) is 0 Å². The Bertz CT molecular complexity index is 794. The van der Waals surface area contributed by atoms with Gasteiger partial charge in [-0.25, -0.2) is 4.98 Å². The average Bonchev–Trinajstić information content (AvgIpc) is 3.11. The minimum Gasteiger partial charge on any atom is -0.371 e. The molecule has 1 saturated heterocycles. The molecule has 0 bridgehead atoms. The number of anilines is 2. The molecule has 3 N–H and O–H groups in total. The third-order valence-electron chi connectivity index (χ3n) is 4.92. The lowest BCUT2D eigenvalue weighted by atomic mass is 9.84. The van der Waals surface area contributed by atoms with Crippen LogP contribution in [0.4, 0.5) is 11.4 Å². The summed E-state index contributed by atoms with van der Waals surface area (Å²) in [6.45, 7) is 2.52. The first-order chi connectivity index (χ1) is 12.1. The van der Waals surface area contributed by atoms with Gasteiger partial charge in [0.1, 0.15) is 11.7 Å². The van der Waals surface area contributed by atoms with Crippen LogP contribution < -0.4 is 10.6 Å². The highest BCUT2D eigenvalue weighted by molar-refractivity contribution is 6.42. The van der Waals surface area contributed by atoms with Gasteiger partial charge in [0.05, 0.1) is 33.5 Å².